The molecule has 0 atom stereocenters. The molecule has 0 aliphatic rings. The van der Waals surface area contributed by atoms with Crippen molar-refractivity contribution >= 4 is 33.9 Å². The lowest BCUT2D eigenvalue weighted by Gasteiger charge is -2.23. The third kappa shape index (κ3) is 4.60. The summed E-state index contributed by atoms with van der Waals surface area (Å²) in [7, 11) is 5.55. The average molecular weight is 456 g/mol. The topological polar surface area (TPSA) is 93.3 Å². The molecule has 0 fully saturated rings. The molecule has 2 aromatic heterocycles. The Morgan fingerprint density at radius 1 is 1.24 bits per heavy atom. The predicted molar refractivity (Wildman–Crippen MR) is 140 cm³/mol. The summed E-state index contributed by atoms with van der Waals surface area (Å²) in [6, 6.07) is 13.8. The van der Waals surface area contributed by atoms with Crippen LogP contribution < -0.4 is 26.0 Å². The lowest BCUT2D eigenvalue weighted by Crippen LogP contribution is -2.27. The number of benzene rings is 2. The maximum atomic E-state index is 6.37. The summed E-state index contributed by atoms with van der Waals surface area (Å²) in [4.78, 5) is 11.3. The van der Waals surface area contributed by atoms with Crippen molar-refractivity contribution in [3.8, 4) is 29.4 Å². The summed E-state index contributed by atoms with van der Waals surface area (Å²) in [6.45, 7) is 2.15. The fraction of sp³-hybridized carbons (Fsp3) is 0.231. The van der Waals surface area contributed by atoms with Crippen LogP contribution in [0.4, 0.5) is 23.0 Å². The maximum absolute atomic E-state index is 6.37. The number of terminal acetylenes is 1. The van der Waals surface area contributed by atoms with E-state index in [1.165, 1.54) is 0 Å². The highest BCUT2D eigenvalue weighted by Crippen LogP contribution is 2.36. The average Bonchev–Trinajstić information content (AvgIpc) is 3.22. The van der Waals surface area contributed by atoms with Crippen LogP contribution in [0.5, 0.6) is 5.75 Å². The Morgan fingerprint density at radius 2 is 2.06 bits per heavy atom. The van der Waals surface area contributed by atoms with Crippen molar-refractivity contribution in [3.05, 3.63) is 54.9 Å². The second kappa shape index (κ2) is 10.1. The van der Waals surface area contributed by atoms with Crippen molar-refractivity contribution in [2.75, 3.05) is 50.2 Å². The van der Waals surface area contributed by atoms with Crippen LogP contribution in [0.2, 0.25) is 0 Å². The van der Waals surface area contributed by atoms with Crippen molar-refractivity contribution < 1.29 is 4.74 Å². The monoisotopic (exact) mass is 455 g/mol. The van der Waals surface area contributed by atoms with Gasteiger partial charge in [-0.3, -0.25) is 0 Å². The van der Waals surface area contributed by atoms with Gasteiger partial charge in [0.15, 0.2) is 0 Å². The second-order valence-corrected chi connectivity index (χ2v) is 7.92. The molecule has 34 heavy (non-hydrogen) atoms. The Balaban J connectivity index is 1.67. The molecule has 2 aromatic carbocycles. The molecule has 8 nitrogen and oxygen atoms in total. The Hall–Kier alpha value is -4.22. The number of nitrogens with two attached hydrogens (primary N) is 1. The minimum atomic E-state index is 0.445. The van der Waals surface area contributed by atoms with Crippen LogP contribution in [-0.4, -0.2) is 48.8 Å². The normalized spacial score (nSPS) is 10.8. The Bertz CT molecular complexity index is 1340. The summed E-state index contributed by atoms with van der Waals surface area (Å²) in [5.74, 6) is 3.81. The molecule has 0 bridgehead atoms. The van der Waals surface area contributed by atoms with Gasteiger partial charge in [-0.2, -0.15) is 0 Å². The first kappa shape index (κ1) is 23.0. The number of hydrogen-bond acceptors (Lipinski definition) is 7. The van der Waals surface area contributed by atoms with E-state index in [1.54, 1.807) is 13.3 Å². The van der Waals surface area contributed by atoms with E-state index in [9.17, 15) is 0 Å². The van der Waals surface area contributed by atoms with Gasteiger partial charge in [0.2, 0.25) is 5.95 Å². The van der Waals surface area contributed by atoms with E-state index in [0.717, 1.165) is 40.9 Å². The molecule has 0 saturated carbocycles. The standard InChI is InChI=1S/C26H29N7O/c1-5-13-33-17-19(18-8-6-7-9-23(18)33)21-10-11-29-26(30-21)31-22-15-20(27)24(16-25(22)34-4)32(3)14-12-28-2/h1,6-11,15-17,28H,12-14,27H2,2-4H3,(H,29,30,31). The number of hydrogen-bond donors (Lipinski definition) is 3. The molecule has 0 amide bonds. The van der Waals surface area contributed by atoms with Crippen LogP contribution in [0.3, 0.4) is 0 Å². The number of rotatable bonds is 9. The number of anilines is 4. The first-order valence-electron chi connectivity index (χ1n) is 11.0. The van der Waals surface area contributed by atoms with E-state index in [-0.39, 0.29) is 0 Å². The Kier molecular flexibility index (Phi) is 6.85. The molecule has 0 spiro atoms. The predicted octanol–water partition coefficient (Wildman–Crippen LogP) is 3.72. The van der Waals surface area contributed by atoms with Gasteiger partial charge in [-0.15, -0.1) is 6.42 Å². The van der Waals surface area contributed by atoms with Crippen molar-refractivity contribution in [2.24, 2.45) is 0 Å². The molecule has 4 rings (SSSR count). The number of nitrogen functional groups attached to an aromatic ring is 1. The SMILES string of the molecule is C#CCn1cc(-c2ccnc(Nc3cc(N)c(N(C)CCNC)cc3OC)n2)c2ccccc21. The fourth-order valence-corrected chi connectivity index (χ4v) is 3.95. The van der Waals surface area contributed by atoms with Gasteiger partial charge in [0.05, 0.1) is 36.4 Å². The zero-order chi connectivity index (χ0) is 24.1. The van der Waals surface area contributed by atoms with E-state index >= 15 is 0 Å². The van der Waals surface area contributed by atoms with Crippen LogP contribution in [0, 0.1) is 12.3 Å². The first-order chi connectivity index (χ1) is 16.5. The highest BCUT2D eigenvalue weighted by atomic mass is 16.5. The highest BCUT2D eigenvalue weighted by Gasteiger charge is 2.15. The van der Waals surface area contributed by atoms with Crippen molar-refractivity contribution in [1.82, 2.24) is 19.9 Å². The zero-order valence-electron chi connectivity index (χ0n) is 19.7. The van der Waals surface area contributed by atoms with Crippen molar-refractivity contribution in [2.45, 2.75) is 6.54 Å². The Labute approximate surface area is 199 Å². The van der Waals surface area contributed by atoms with Gasteiger partial charge in [-0.25, -0.2) is 9.97 Å². The quantitative estimate of drug-likeness (QED) is 0.262. The third-order valence-corrected chi connectivity index (χ3v) is 5.69. The largest absolute Gasteiger partial charge is 0.494 e. The van der Waals surface area contributed by atoms with Gasteiger partial charge in [0, 0.05) is 55.1 Å². The lowest BCUT2D eigenvalue weighted by molar-refractivity contribution is 0.417. The molecule has 4 aromatic rings. The van der Waals surface area contributed by atoms with Crippen molar-refractivity contribution in [1.29, 1.82) is 0 Å². The number of methoxy groups -OCH3 is 1. The molecule has 174 valence electrons. The number of nitrogens with zero attached hydrogens (tertiary/aromatic N) is 4. The second-order valence-electron chi connectivity index (χ2n) is 7.92. The third-order valence-electron chi connectivity index (χ3n) is 5.69. The van der Waals surface area contributed by atoms with E-state index in [0.29, 0.717) is 29.6 Å². The Morgan fingerprint density at radius 3 is 2.82 bits per heavy atom. The summed E-state index contributed by atoms with van der Waals surface area (Å²) < 4.78 is 7.68. The number of nitrogens with one attached hydrogen (secondary N) is 2. The van der Waals surface area contributed by atoms with Gasteiger partial charge < -0.3 is 30.6 Å². The maximum Gasteiger partial charge on any atom is 0.227 e. The van der Waals surface area contributed by atoms with Gasteiger partial charge >= 0.3 is 0 Å². The molecule has 0 saturated heterocycles. The molecule has 0 aliphatic heterocycles. The summed E-state index contributed by atoms with van der Waals surface area (Å²) in [5, 5.41) is 7.49. The number of para-hydroxylation sites is 1. The van der Waals surface area contributed by atoms with E-state index in [2.05, 4.69) is 38.6 Å². The number of fused-ring (bicyclic) bond motifs is 1. The minimum Gasteiger partial charge on any atom is -0.494 e. The summed E-state index contributed by atoms with van der Waals surface area (Å²) in [5.41, 5.74) is 11.4. The van der Waals surface area contributed by atoms with Gasteiger partial charge in [0.25, 0.3) is 0 Å². The van der Waals surface area contributed by atoms with Crippen molar-refractivity contribution in [3.63, 3.8) is 0 Å². The van der Waals surface area contributed by atoms with Gasteiger partial charge in [-0.1, -0.05) is 24.1 Å². The lowest BCUT2D eigenvalue weighted by atomic mass is 10.1. The number of aromatic nitrogens is 3. The molecular formula is C26H29N7O. The molecular weight excluding hydrogens is 426 g/mol. The zero-order valence-corrected chi connectivity index (χ0v) is 19.7. The van der Waals surface area contributed by atoms with Gasteiger partial charge in [-0.05, 0) is 25.2 Å². The number of ether oxygens (including phenoxy) is 1. The molecule has 0 aliphatic carbocycles. The molecule has 4 N–H and O–H groups in total. The molecule has 0 unspecified atom stereocenters. The highest BCUT2D eigenvalue weighted by molar-refractivity contribution is 5.95. The van der Waals surface area contributed by atoms with E-state index in [4.69, 9.17) is 21.9 Å². The van der Waals surface area contributed by atoms with Gasteiger partial charge in [0.1, 0.15) is 5.75 Å². The molecule has 8 heteroatoms. The van der Waals surface area contributed by atoms with Crippen LogP contribution in [-0.2, 0) is 6.54 Å². The first-order valence-corrected chi connectivity index (χ1v) is 11.0. The van der Waals surface area contributed by atoms with Crippen LogP contribution >= 0.6 is 0 Å². The van der Waals surface area contributed by atoms with E-state index < -0.39 is 0 Å². The minimum absolute atomic E-state index is 0.445. The summed E-state index contributed by atoms with van der Waals surface area (Å²) >= 11 is 0. The van der Waals surface area contributed by atoms with E-state index in [1.807, 2.05) is 55.2 Å². The smallest absolute Gasteiger partial charge is 0.227 e. The summed E-state index contributed by atoms with van der Waals surface area (Å²) in [6.07, 6.45) is 9.33. The molecule has 2 heterocycles. The fourth-order valence-electron chi connectivity index (χ4n) is 3.95. The van der Waals surface area contributed by atoms with Crippen LogP contribution in [0.25, 0.3) is 22.2 Å². The molecule has 0 radical (unpaired) electrons. The number of likely N-dealkylation sites (N-methyl/N-ethyl adjacent to an activating group) is 2. The van der Waals surface area contributed by atoms with Crippen LogP contribution in [0.15, 0.2) is 54.9 Å². The van der Waals surface area contributed by atoms with Crippen LogP contribution in [0.1, 0.15) is 0 Å².